The lowest BCUT2D eigenvalue weighted by Crippen LogP contribution is -2.44. The highest BCUT2D eigenvalue weighted by Gasteiger charge is 2.23. The van der Waals surface area contributed by atoms with Crippen molar-refractivity contribution in [3.8, 4) is 0 Å². The fourth-order valence-electron chi connectivity index (χ4n) is 3.76. The topological polar surface area (TPSA) is 109 Å². The van der Waals surface area contributed by atoms with E-state index in [-0.39, 0.29) is 29.8 Å². The lowest BCUT2D eigenvalue weighted by atomic mass is 10.0. The zero-order valence-electron chi connectivity index (χ0n) is 17.3. The van der Waals surface area contributed by atoms with Crippen LogP contribution in [-0.4, -0.2) is 57.1 Å². The predicted molar refractivity (Wildman–Crippen MR) is 114 cm³/mol. The first kappa shape index (κ1) is 20.8. The molecule has 0 bridgehead atoms. The van der Waals surface area contributed by atoms with E-state index in [2.05, 4.69) is 32.4 Å². The number of amides is 1. The summed E-state index contributed by atoms with van der Waals surface area (Å²) in [4.78, 5) is 42.3. The molecular formula is C22H25N5O4. The standard InChI is InChI=1S/C22H25N5O4/c1-2-31-22(30)17-13-23-19-12-18(25-27(19)21(17)29)20(28)24-16-8-10-26(11-9-16)14-15-6-4-3-5-7-15/h3-7,12-13,16,23H,2,8-11,14H2,1H3,(H,24,28). The zero-order chi connectivity index (χ0) is 21.8. The number of hydrogen-bond acceptors (Lipinski definition) is 6. The van der Waals surface area contributed by atoms with Crippen molar-refractivity contribution in [2.45, 2.75) is 32.4 Å². The fraction of sp³-hybridized carbons (Fsp3) is 0.364. The monoisotopic (exact) mass is 423 g/mol. The van der Waals surface area contributed by atoms with Crippen LogP contribution in [0.25, 0.3) is 5.65 Å². The minimum absolute atomic E-state index is 0.0510. The van der Waals surface area contributed by atoms with E-state index in [0.717, 1.165) is 37.0 Å². The number of piperidine rings is 1. The van der Waals surface area contributed by atoms with Crippen LogP contribution in [0.15, 0.2) is 47.4 Å². The molecule has 0 unspecified atom stereocenters. The molecule has 1 saturated heterocycles. The van der Waals surface area contributed by atoms with Gasteiger partial charge >= 0.3 is 5.97 Å². The van der Waals surface area contributed by atoms with Gasteiger partial charge in [-0.25, -0.2) is 4.79 Å². The van der Waals surface area contributed by atoms with Crippen molar-refractivity contribution in [3.05, 3.63) is 69.8 Å². The summed E-state index contributed by atoms with van der Waals surface area (Å²) in [5, 5.41) is 7.10. The van der Waals surface area contributed by atoms with Crippen LogP contribution in [0.3, 0.4) is 0 Å². The maximum absolute atomic E-state index is 12.7. The molecule has 3 heterocycles. The van der Waals surface area contributed by atoms with Crippen LogP contribution < -0.4 is 10.9 Å². The molecule has 1 amide bonds. The number of aromatic nitrogens is 3. The SMILES string of the molecule is CCOC(=O)c1c[nH]c2cc(C(=O)NC3CCN(Cc4ccccc4)CC3)nn2c1=O. The molecule has 2 N–H and O–H groups in total. The van der Waals surface area contributed by atoms with Gasteiger partial charge in [-0.15, -0.1) is 0 Å². The Labute approximate surface area is 179 Å². The number of likely N-dealkylation sites (tertiary alicyclic amines) is 1. The second-order valence-electron chi connectivity index (χ2n) is 7.56. The van der Waals surface area contributed by atoms with E-state index in [1.165, 1.54) is 17.8 Å². The number of carbonyl (C=O) groups is 2. The summed E-state index contributed by atoms with van der Waals surface area (Å²) in [5.41, 5.74) is 0.958. The molecule has 31 heavy (non-hydrogen) atoms. The molecule has 9 heteroatoms. The third kappa shape index (κ3) is 4.66. The summed E-state index contributed by atoms with van der Waals surface area (Å²) in [6.45, 7) is 4.51. The van der Waals surface area contributed by atoms with Crippen LogP contribution in [0.5, 0.6) is 0 Å². The maximum Gasteiger partial charge on any atom is 0.345 e. The van der Waals surface area contributed by atoms with Crippen molar-refractivity contribution in [2.75, 3.05) is 19.7 Å². The van der Waals surface area contributed by atoms with E-state index in [1.54, 1.807) is 6.92 Å². The average Bonchev–Trinajstić information content (AvgIpc) is 3.22. The second-order valence-corrected chi connectivity index (χ2v) is 7.56. The number of carbonyl (C=O) groups excluding carboxylic acids is 2. The smallest absolute Gasteiger partial charge is 0.345 e. The Hall–Kier alpha value is -3.46. The molecule has 1 fully saturated rings. The summed E-state index contributed by atoms with van der Waals surface area (Å²) in [7, 11) is 0. The molecule has 0 atom stereocenters. The molecule has 3 aromatic rings. The van der Waals surface area contributed by atoms with Crippen molar-refractivity contribution < 1.29 is 14.3 Å². The highest BCUT2D eigenvalue weighted by atomic mass is 16.5. The molecule has 0 aliphatic carbocycles. The van der Waals surface area contributed by atoms with Crippen LogP contribution in [0, 0.1) is 0 Å². The number of benzene rings is 1. The summed E-state index contributed by atoms with van der Waals surface area (Å²) < 4.78 is 5.89. The molecule has 0 radical (unpaired) electrons. The number of esters is 1. The quantitative estimate of drug-likeness (QED) is 0.583. The second kappa shape index (κ2) is 9.13. The minimum atomic E-state index is -0.727. The van der Waals surface area contributed by atoms with Crippen LogP contribution in [0.4, 0.5) is 0 Å². The Balaban J connectivity index is 1.38. The molecule has 1 aromatic carbocycles. The number of ether oxygens (including phenoxy) is 1. The number of rotatable bonds is 6. The lowest BCUT2D eigenvalue weighted by molar-refractivity contribution is 0.0523. The maximum atomic E-state index is 12.7. The van der Waals surface area contributed by atoms with Crippen LogP contribution in [-0.2, 0) is 11.3 Å². The molecule has 1 aliphatic heterocycles. The van der Waals surface area contributed by atoms with Gasteiger partial charge in [-0.1, -0.05) is 30.3 Å². The third-order valence-corrected chi connectivity index (χ3v) is 5.40. The van der Waals surface area contributed by atoms with E-state index in [0.29, 0.717) is 5.65 Å². The van der Waals surface area contributed by atoms with E-state index < -0.39 is 11.5 Å². The Morgan fingerprint density at radius 1 is 1.23 bits per heavy atom. The zero-order valence-corrected chi connectivity index (χ0v) is 17.3. The normalized spacial score (nSPS) is 15.1. The molecule has 162 valence electrons. The molecule has 9 nitrogen and oxygen atoms in total. The van der Waals surface area contributed by atoms with Gasteiger partial charge in [0.15, 0.2) is 5.69 Å². The Kier molecular flexibility index (Phi) is 6.13. The molecule has 1 aliphatic rings. The van der Waals surface area contributed by atoms with E-state index >= 15 is 0 Å². The Bertz CT molecular complexity index is 1130. The average molecular weight is 423 g/mol. The predicted octanol–water partition coefficient (Wildman–Crippen LogP) is 1.59. The molecule has 0 spiro atoms. The van der Waals surface area contributed by atoms with Gasteiger partial charge in [-0.2, -0.15) is 9.61 Å². The number of aromatic amines is 1. The first-order valence-corrected chi connectivity index (χ1v) is 10.4. The highest BCUT2D eigenvalue weighted by Crippen LogP contribution is 2.14. The summed E-state index contributed by atoms with van der Waals surface area (Å²) in [6, 6.07) is 11.9. The van der Waals surface area contributed by atoms with E-state index in [9.17, 15) is 14.4 Å². The van der Waals surface area contributed by atoms with E-state index in [4.69, 9.17) is 4.74 Å². The molecular weight excluding hydrogens is 398 g/mol. The van der Waals surface area contributed by atoms with Gasteiger partial charge in [0.05, 0.1) is 6.61 Å². The van der Waals surface area contributed by atoms with Gasteiger partial charge < -0.3 is 15.0 Å². The number of H-pyrrole nitrogens is 1. The summed E-state index contributed by atoms with van der Waals surface area (Å²) >= 11 is 0. The van der Waals surface area contributed by atoms with Crippen molar-refractivity contribution in [3.63, 3.8) is 0 Å². The van der Waals surface area contributed by atoms with Gasteiger partial charge in [0.25, 0.3) is 11.5 Å². The Morgan fingerprint density at radius 3 is 2.68 bits per heavy atom. The number of nitrogens with zero attached hydrogens (tertiary/aromatic N) is 3. The number of hydrogen-bond donors (Lipinski definition) is 2. The first-order chi connectivity index (χ1) is 15.0. The first-order valence-electron chi connectivity index (χ1n) is 10.4. The van der Waals surface area contributed by atoms with Gasteiger partial charge in [-0.3, -0.25) is 14.5 Å². The summed E-state index contributed by atoms with van der Waals surface area (Å²) in [5.74, 6) is -1.06. The van der Waals surface area contributed by atoms with Gasteiger partial charge in [-0.05, 0) is 25.3 Å². The Morgan fingerprint density at radius 2 is 1.97 bits per heavy atom. The van der Waals surface area contributed by atoms with Gasteiger partial charge in [0.1, 0.15) is 11.2 Å². The van der Waals surface area contributed by atoms with Crippen molar-refractivity contribution >= 4 is 17.5 Å². The third-order valence-electron chi connectivity index (χ3n) is 5.40. The van der Waals surface area contributed by atoms with Crippen molar-refractivity contribution in [1.82, 2.24) is 24.8 Å². The minimum Gasteiger partial charge on any atom is -0.462 e. The number of nitrogens with one attached hydrogen (secondary N) is 2. The molecule has 0 saturated carbocycles. The van der Waals surface area contributed by atoms with Crippen LogP contribution >= 0.6 is 0 Å². The summed E-state index contributed by atoms with van der Waals surface area (Å²) in [6.07, 6.45) is 2.97. The largest absolute Gasteiger partial charge is 0.462 e. The number of fused-ring (bicyclic) bond motifs is 1. The van der Waals surface area contributed by atoms with E-state index in [1.807, 2.05) is 18.2 Å². The van der Waals surface area contributed by atoms with Gasteiger partial charge in [0.2, 0.25) is 0 Å². The molecule has 2 aromatic heterocycles. The highest BCUT2D eigenvalue weighted by molar-refractivity contribution is 5.93. The van der Waals surface area contributed by atoms with Crippen molar-refractivity contribution in [1.29, 1.82) is 0 Å². The fourth-order valence-corrected chi connectivity index (χ4v) is 3.76. The van der Waals surface area contributed by atoms with Crippen LogP contribution in [0.2, 0.25) is 0 Å². The van der Waals surface area contributed by atoms with Crippen molar-refractivity contribution in [2.24, 2.45) is 0 Å². The van der Waals surface area contributed by atoms with Crippen LogP contribution in [0.1, 0.15) is 46.2 Å². The lowest BCUT2D eigenvalue weighted by Gasteiger charge is -2.32. The van der Waals surface area contributed by atoms with Gasteiger partial charge in [0, 0.05) is 37.9 Å². The molecule has 4 rings (SSSR count).